The van der Waals surface area contributed by atoms with Gasteiger partial charge in [-0.3, -0.25) is 19.7 Å². The van der Waals surface area contributed by atoms with Crippen LogP contribution in [0.5, 0.6) is 0 Å². The summed E-state index contributed by atoms with van der Waals surface area (Å²) in [5.74, 6) is -1.92. The molecule has 39 heavy (non-hydrogen) atoms. The Bertz CT molecular complexity index is 1510. The van der Waals surface area contributed by atoms with Gasteiger partial charge < -0.3 is 10.6 Å². The topological polar surface area (TPSA) is 113 Å². The summed E-state index contributed by atoms with van der Waals surface area (Å²) in [6, 6.07) is 19.2. The first-order valence-corrected chi connectivity index (χ1v) is 13.6. The van der Waals surface area contributed by atoms with Crippen molar-refractivity contribution in [3.8, 4) is 0 Å². The number of carbonyl (C=O) groups is 3. The molecule has 4 rings (SSSR count). The largest absolute Gasteiger partial charge is 0.321 e. The average molecular weight is 582 g/mol. The number of rotatable bonds is 9. The summed E-state index contributed by atoms with van der Waals surface area (Å²) < 4.78 is 14.4. The molecule has 0 saturated heterocycles. The molecule has 0 aliphatic carbocycles. The van der Waals surface area contributed by atoms with E-state index < -0.39 is 17.6 Å². The van der Waals surface area contributed by atoms with E-state index in [0.29, 0.717) is 16.4 Å². The van der Waals surface area contributed by atoms with Gasteiger partial charge in [-0.1, -0.05) is 47.2 Å². The molecular formula is C27H21ClFN5O3S2. The first-order valence-electron chi connectivity index (χ1n) is 11.4. The first-order chi connectivity index (χ1) is 18.8. The number of thioether (sulfide) groups is 1. The molecule has 1 heterocycles. The minimum absolute atomic E-state index is 0.0357. The van der Waals surface area contributed by atoms with Crippen molar-refractivity contribution in [2.75, 3.05) is 16.4 Å². The molecule has 0 aliphatic rings. The Hall–Kier alpha value is -4.06. The minimum Gasteiger partial charge on any atom is -0.321 e. The third kappa shape index (κ3) is 7.96. The maximum Gasteiger partial charge on any atom is 0.272 e. The van der Waals surface area contributed by atoms with Gasteiger partial charge in [-0.15, -0.1) is 22.0 Å². The third-order valence-corrected chi connectivity index (χ3v) is 7.17. The summed E-state index contributed by atoms with van der Waals surface area (Å²) >= 11 is 8.74. The van der Waals surface area contributed by atoms with E-state index in [1.807, 2.05) is 0 Å². The minimum atomic E-state index is -0.675. The van der Waals surface area contributed by atoms with Gasteiger partial charge >= 0.3 is 0 Å². The molecule has 0 radical (unpaired) electrons. The van der Waals surface area contributed by atoms with Gasteiger partial charge in [-0.25, -0.2) is 4.39 Å². The van der Waals surface area contributed by atoms with Gasteiger partial charge in [-0.05, 0) is 61.5 Å². The van der Waals surface area contributed by atoms with Crippen LogP contribution >= 0.6 is 34.7 Å². The molecule has 12 heteroatoms. The van der Waals surface area contributed by atoms with Crippen molar-refractivity contribution in [2.45, 2.75) is 11.8 Å². The van der Waals surface area contributed by atoms with E-state index >= 15 is 0 Å². The summed E-state index contributed by atoms with van der Waals surface area (Å²) in [5, 5.41) is 16.9. The molecule has 0 spiro atoms. The summed E-state index contributed by atoms with van der Waals surface area (Å²) in [7, 11) is 0. The van der Waals surface area contributed by atoms with Crippen LogP contribution in [0.25, 0.3) is 6.08 Å². The van der Waals surface area contributed by atoms with E-state index in [0.717, 1.165) is 9.90 Å². The van der Waals surface area contributed by atoms with Crippen LogP contribution in [0.1, 0.15) is 20.9 Å². The van der Waals surface area contributed by atoms with Gasteiger partial charge in [0.2, 0.25) is 11.0 Å². The predicted octanol–water partition coefficient (Wildman–Crippen LogP) is 5.78. The monoisotopic (exact) mass is 581 g/mol. The van der Waals surface area contributed by atoms with Crippen LogP contribution in [0.2, 0.25) is 5.02 Å². The Morgan fingerprint density at radius 1 is 0.974 bits per heavy atom. The number of hydrogen-bond acceptors (Lipinski definition) is 7. The number of aromatic nitrogens is 2. The fourth-order valence-electron chi connectivity index (χ4n) is 3.22. The number of carbonyl (C=O) groups excluding carboxylic acids is 3. The number of nitrogens with one attached hydrogen (secondary N) is 3. The average Bonchev–Trinajstić information content (AvgIpc) is 3.34. The lowest BCUT2D eigenvalue weighted by Crippen LogP contribution is -2.30. The first kappa shape index (κ1) is 28.0. The number of halogens is 2. The zero-order valence-corrected chi connectivity index (χ0v) is 22.8. The molecule has 1 aromatic heterocycles. The van der Waals surface area contributed by atoms with Crippen molar-refractivity contribution in [1.82, 2.24) is 15.5 Å². The second kappa shape index (κ2) is 13.1. The zero-order valence-electron chi connectivity index (χ0n) is 20.4. The molecule has 3 amide bonds. The van der Waals surface area contributed by atoms with Crippen LogP contribution in [-0.2, 0) is 9.59 Å². The highest BCUT2D eigenvalue weighted by Crippen LogP contribution is 2.24. The van der Waals surface area contributed by atoms with Gasteiger partial charge in [0.05, 0.1) is 10.8 Å². The third-order valence-electron chi connectivity index (χ3n) is 5.07. The van der Waals surface area contributed by atoms with Gasteiger partial charge in [-0.2, -0.15) is 0 Å². The van der Waals surface area contributed by atoms with Crippen molar-refractivity contribution in [1.29, 1.82) is 0 Å². The molecule has 4 aromatic rings. The smallest absolute Gasteiger partial charge is 0.272 e. The van der Waals surface area contributed by atoms with E-state index in [1.54, 1.807) is 61.5 Å². The van der Waals surface area contributed by atoms with Crippen molar-refractivity contribution >= 4 is 69.3 Å². The Kier molecular flexibility index (Phi) is 9.42. The van der Waals surface area contributed by atoms with Crippen LogP contribution in [0.15, 0.2) is 83.4 Å². The summed E-state index contributed by atoms with van der Waals surface area (Å²) in [6.45, 7) is 1.80. The van der Waals surface area contributed by atoms with Crippen molar-refractivity contribution in [3.63, 3.8) is 0 Å². The quantitative estimate of drug-likeness (QED) is 0.171. The number of anilines is 2. The van der Waals surface area contributed by atoms with E-state index in [4.69, 9.17) is 11.6 Å². The molecule has 0 saturated carbocycles. The van der Waals surface area contributed by atoms with Crippen LogP contribution in [-0.4, -0.2) is 33.7 Å². The summed E-state index contributed by atoms with van der Waals surface area (Å²) in [6.07, 6.45) is 1.19. The molecule has 8 nitrogen and oxygen atoms in total. The lowest BCUT2D eigenvalue weighted by atomic mass is 10.1. The Morgan fingerprint density at radius 2 is 1.72 bits per heavy atom. The second-order valence-corrected chi connectivity index (χ2v) is 10.6. The van der Waals surface area contributed by atoms with Gasteiger partial charge in [0.25, 0.3) is 11.8 Å². The number of nitrogens with zero attached hydrogens (tertiary/aromatic N) is 2. The van der Waals surface area contributed by atoms with Gasteiger partial charge in [0.1, 0.15) is 16.5 Å². The standard InChI is InChI=1S/C27H21ClFN5O3S2/c1-16-33-34-27(39-16)32-24(35)15-38-19-12-10-18(11-13-19)30-26(37)23(14-20-21(28)8-5-9-22(20)29)31-25(36)17-6-3-2-4-7-17/h2-14H,15H2,1H3,(H,30,37)(H,31,36)(H,32,34,35). The number of amides is 3. The van der Waals surface area contributed by atoms with E-state index in [-0.39, 0.29) is 27.9 Å². The number of benzene rings is 3. The highest BCUT2D eigenvalue weighted by atomic mass is 35.5. The molecule has 3 aromatic carbocycles. The van der Waals surface area contributed by atoms with E-state index in [2.05, 4.69) is 26.1 Å². The van der Waals surface area contributed by atoms with Crippen LogP contribution in [0.3, 0.4) is 0 Å². The Balaban J connectivity index is 1.44. The predicted molar refractivity (Wildman–Crippen MR) is 152 cm³/mol. The normalized spacial score (nSPS) is 11.1. The second-order valence-electron chi connectivity index (χ2n) is 7.96. The molecule has 0 fully saturated rings. The van der Waals surface area contributed by atoms with Crippen LogP contribution in [0, 0.1) is 12.7 Å². The lowest BCUT2D eigenvalue weighted by Gasteiger charge is -2.12. The SMILES string of the molecule is Cc1nnc(NC(=O)CSc2ccc(NC(=O)C(=Cc3c(F)cccc3Cl)NC(=O)c3ccccc3)cc2)s1. The molecule has 0 atom stereocenters. The summed E-state index contributed by atoms with van der Waals surface area (Å²) in [5.41, 5.74) is 0.518. The molecule has 198 valence electrons. The Morgan fingerprint density at radius 3 is 2.38 bits per heavy atom. The van der Waals surface area contributed by atoms with Crippen molar-refractivity contribution in [2.24, 2.45) is 0 Å². The van der Waals surface area contributed by atoms with Crippen molar-refractivity contribution in [3.05, 3.63) is 105 Å². The van der Waals surface area contributed by atoms with Gasteiger partial charge in [0, 0.05) is 21.7 Å². The molecule has 3 N–H and O–H groups in total. The van der Waals surface area contributed by atoms with Gasteiger partial charge in [0.15, 0.2) is 0 Å². The van der Waals surface area contributed by atoms with Crippen LogP contribution in [0.4, 0.5) is 15.2 Å². The highest BCUT2D eigenvalue weighted by molar-refractivity contribution is 8.00. The maximum absolute atomic E-state index is 14.4. The Labute approximate surface area is 236 Å². The molecule has 0 aliphatic heterocycles. The molecular weight excluding hydrogens is 561 g/mol. The molecule has 0 unspecified atom stereocenters. The molecule has 0 bridgehead atoms. The fraction of sp³-hybridized carbons (Fsp3) is 0.0741. The number of hydrogen-bond donors (Lipinski definition) is 3. The van der Waals surface area contributed by atoms with E-state index in [1.165, 1.54) is 47.4 Å². The van der Waals surface area contributed by atoms with Crippen molar-refractivity contribution < 1.29 is 18.8 Å². The zero-order chi connectivity index (χ0) is 27.8. The lowest BCUT2D eigenvalue weighted by molar-refractivity contribution is -0.114. The van der Waals surface area contributed by atoms with Crippen LogP contribution < -0.4 is 16.0 Å². The fourth-order valence-corrected chi connectivity index (χ4v) is 4.74. The maximum atomic E-state index is 14.4. The summed E-state index contributed by atoms with van der Waals surface area (Å²) in [4.78, 5) is 38.9. The highest BCUT2D eigenvalue weighted by Gasteiger charge is 2.17. The number of aryl methyl sites for hydroxylation is 1. The van der Waals surface area contributed by atoms with E-state index in [9.17, 15) is 18.8 Å².